The first-order chi connectivity index (χ1) is 6.27. The number of alkyl halides is 4. The van der Waals surface area contributed by atoms with Crippen molar-refractivity contribution >= 4 is 5.91 Å². The van der Waals surface area contributed by atoms with E-state index in [1.807, 2.05) is 5.32 Å². The molecule has 2 N–H and O–H groups in total. The fourth-order valence-electron chi connectivity index (χ4n) is 1.43. The van der Waals surface area contributed by atoms with Crippen LogP contribution < -0.4 is 5.32 Å². The SMILES string of the molecule is O=C1N[C@H](CO)CC1(F)CC(F)(F)F. The van der Waals surface area contributed by atoms with Crippen LogP contribution in [0.4, 0.5) is 17.6 Å². The van der Waals surface area contributed by atoms with Gasteiger partial charge in [0.2, 0.25) is 0 Å². The molecule has 1 rings (SSSR count). The zero-order valence-electron chi connectivity index (χ0n) is 7.07. The van der Waals surface area contributed by atoms with Crippen LogP contribution in [0.3, 0.4) is 0 Å². The number of aliphatic hydroxyl groups excluding tert-OH is 1. The van der Waals surface area contributed by atoms with E-state index < -0.39 is 43.2 Å². The van der Waals surface area contributed by atoms with Crippen LogP contribution in [0.1, 0.15) is 12.8 Å². The summed E-state index contributed by atoms with van der Waals surface area (Å²) in [4.78, 5) is 10.8. The predicted molar refractivity (Wildman–Crippen MR) is 38.1 cm³/mol. The maximum atomic E-state index is 13.4. The quantitative estimate of drug-likeness (QED) is 0.660. The lowest BCUT2D eigenvalue weighted by molar-refractivity contribution is -0.168. The maximum Gasteiger partial charge on any atom is 0.392 e. The second-order valence-corrected chi connectivity index (χ2v) is 3.31. The normalized spacial score (nSPS) is 33.2. The first-order valence-electron chi connectivity index (χ1n) is 3.94. The summed E-state index contributed by atoms with van der Waals surface area (Å²) < 4.78 is 49.0. The summed E-state index contributed by atoms with van der Waals surface area (Å²) in [6, 6.07) is -0.921. The molecule has 0 aromatic carbocycles. The molecular weight excluding hydrogens is 206 g/mol. The fraction of sp³-hybridized carbons (Fsp3) is 0.857. The van der Waals surface area contributed by atoms with Gasteiger partial charge in [-0.25, -0.2) is 4.39 Å². The molecule has 1 unspecified atom stereocenters. The Morgan fingerprint density at radius 1 is 1.57 bits per heavy atom. The average molecular weight is 215 g/mol. The molecule has 0 aliphatic carbocycles. The highest BCUT2D eigenvalue weighted by Gasteiger charge is 2.53. The third-order valence-electron chi connectivity index (χ3n) is 2.01. The van der Waals surface area contributed by atoms with Crippen molar-refractivity contribution in [2.45, 2.75) is 30.7 Å². The summed E-state index contributed by atoms with van der Waals surface area (Å²) in [6.07, 6.45) is -7.17. The minimum atomic E-state index is -4.73. The molecule has 0 aromatic heterocycles. The second kappa shape index (κ2) is 3.38. The Balaban J connectivity index is 2.70. The van der Waals surface area contributed by atoms with E-state index in [0.717, 1.165) is 0 Å². The Bertz CT molecular complexity index is 242. The molecule has 1 aliphatic rings. The molecule has 1 saturated heterocycles. The van der Waals surface area contributed by atoms with E-state index >= 15 is 0 Å². The van der Waals surface area contributed by atoms with E-state index in [2.05, 4.69) is 0 Å². The predicted octanol–water partition coefficient (Wildman–Crippen LogP) is 0.528. The Morgan fingerprint density at radius 3 is 2.50 bits per heavy atom. The molecule has 0 spiro atoms. The lowest BCUT2D eigenvalue weighted by atomic mass is 9.97. The molecule has 1 fully saturated rings. The van der Waals surface area contributed by atoms with E-state index in [4.69, 9.17) is 5.11 Å². The maximum absolute atomic E-state index is 13.4. The summed E-state index contributed by atoms with van der Waals surface area (Å²) in [7, 11) is 0. The number of nitrogens with one attached hydrogen (secondary N) is 1. The number of amides is 1. The Morgan fingerprint density at radius 2 is 2.14 bits per heavy atom. The second-order valence-electron chi connectivity index (χ2n) is 3.31. The standard InChI is InChI=1S/C7H9F4NO2/c8-6(3-7(9,10)11)1-4(2-13)12-5(6)14/h4,13H,1-3H2,(H,12,14)/t4-,6?/m0/s1. The first-order valence-corrected chi connectivity index (χ1v) is 3.94. The van der Waals surface area contributed by atoms with Gasteiger partial charge in [-0.1, -0.05) is 0 Å². The Hall–Kier alpha value is -0.850. The fourth-order valence-corrected chi connectivity index (χ4v) is 1.43. The van der Waals surface area contributed by atoms with Gasteiger partial charge in [-0.15, -0.1) is 0 Å². The van der Waals surface area contributed by atoms with Crippen LogP contribution in [-0.2, 0) is 4.79 Å². The van der Waals surface area contributed by atoms with Gasteiger partial charge in [0, 0.05) is 6.42 Å². The van der Waals surface area contributed by atoms with Crippen LogP contribution in [0, 0.1) is 0 Å². The van der Waals surface area contributed by atoms with Gasteiger partial charge in [-0.2, -0.15) is 13.2 Å². The van der Waals surface area contributed by atoms with Crippen molar-refractivity contribution in [3.63, 3.8) is 0 Å². The molecular formula is C7H9F4NO2. The number of halogens is 4. The summed E-state index contributed by atoms with van der Waals surface area (Å²) in [5.74, 6) is -1.30. The van der Waals surface area contributed by atoms with E-state index in [0.29, 0.717) is 0 Å². The van der Waals surface area contributed by atoms with Crippen molar-refractivity contribution in [2.75, 3.05) is 6.61 Å². The van der Waals surface area contributed by atoms with Crippen molar-refractivity contribution in [2.24, 2.45) is 0 Å². The molecule has 0 bridgehead atoms. The number of rotatable bonds is 2. The molecule has 7 heteroatoms. The molecule has 0 radical (unpaired) electrons. The van der Waals surface area contributed by atoms with Crippen LogP contribution in [-0.4, -0.2) is 35.5 Å². The minimum Gasteiger partial charge on any atom is -0.394 e. The van der Waals surface area contributed by atoms with E-state index in [1.165, 1.54) is 0 Å². The number of aliphatic hydroxyl groups is 1. The highest BCUT2D eigenvalue weighted by molar-refractivity contribution is 5.87. The van der Waals surface area contributed by atoms with Gasteiger partial charge in [0.1, 0.15) is 0 Å². The summed E-state index contributed by atoms with van der Waals surface area (Å²) in [5.41, 5.74) is -2.92. The van der Waals surface area contributed by atoms with E-state index in [9.17, 15) is 22.4 Å². The average Bonchev–Trinajstić information content (AvgIpc) is 2.24. The molecule has 1 amide bonds. The lowest BCUT2D eigenvalue weighted by Gasteiger charge is -2.17. The van der Waals surface area contributed by atoms with Gasteiger partial charge in [0.15, 0.2) is 5.67 Å². The number of carbonyl (C=O) groups is 1. The third-order valence-corrected chi connectivity index (χ3v) is 2.01. The van der Waals surface area contributed by atoms with Crippen LogP contribution in [0.5, 0.6) is 0 Å². The summed E-state index contributed by atoms with van der Waals surface area (Å²) in [6.45, 7) is -0.560. The lowest BCUT2D eigenvalue weighted by Crippen LogP contribution is -2.38. The smallest absolute Gasteiger partial charge is 0.392 e. The zero-order chi connectivity index (χ0) is 11.0. The molecule has 1 aliphatic heterocycles. The summed E-state index contributed by atoms with van der Waals surface area (Å²) in [5, 5.41) is 10.5. The Kier molecular flexibility index (Phi) is 2.71. The van der Waals surface area contributed by atoms with Crippen molar-refractivity contribution in [1.29, 1.82) is 0 Å². The zero-order valence-corrected chi connectivity index (χ0v) is 7.07. The molecule has 0 aromatic rings. The number of hydrogen-bond donors (Lipinski definition) is 2. The topological polar surface area (TPSA) is 49.3 Å². The van der Waals surface area contributed by atoms with E-state index in [1.54, 1.807) is 0 Å². The highest BCUT2D eigenvalue weighted by atomic mass is 19.4. The van der Waals surface area contributed by atoms with Crippen LogP contribution in [0.25, 0.3) is 0 Å². The van der Waals surface area contributed by atoms with Gasteiger partial charge < -0.3 is 10.4 Å². The highest BCUT2D eigenvalue weighted by Crippen LogP contribution is 2.36. The minimum absolute atomic E-state index is 0.560. The monoisotopic (exact) mass is 215 g/mol. The van der Waals surface area contributed by atoms with Crippen molar-refractivity contribution in [3.8, 4) is 0 Å². The Labute approximate surface area is 77.1 Å². The van der Waals surface area contributed by atoms with Gasteiger partial charge in [-0.3, -0.25) is 4.79 Å². The van der Waals surface area contributed by atoms with Gasteiger partial charge in [0.25, 0.3) is 5.91 Å². The van der Waals surface area contributed by atoms with Crippen LogP contribution in [0.2, 0.25) is 0 Å². The molecule has 0 saturated carbocycles. The molecule has 14 heavy (non-hydrogen) atoms. The molecule has 3 nitrogen and oxygen atoms in total. The number of carbonyl (C=O) groups excluding carboxylic acids is 1. The largest absolute Gasteiger partial charge is 0.394 e. The van der Waals surface area contributed by atoms with Gasteiger partial charge in [-0.05, 0) is 0 Å². The summed E-state index contributed by atoms with van der Waals surface area (Å²) >= 11 is 0. The number of hydrogen-bond acceptors (Lipinski definition) is 2. The van der Waals surface area contributed by atoms with Crippen molar-refractivity contribution < 1.29 is 27.5 Å². The van der Waals surface area contributed by atoms with Crippen molar-refractivity contribution in [3.05, 3.63) is 0 Å². The van der Waals surface area contributed by atoms with E-state index in [-0.39, 0.29) is 0 Å². The first kappa shape index (κ1) is 11.2. The van der Waals surface area contributed by atoms with Gasteiger partial charge >= 0.3 is 6.18 Å². The third kappa shape index (κ3) is 2.34. The molecule has 2 atom stereocenters. The molecule has 82 valence electrons. The van der Waals surface area contributed by atoms with Gasteiger partial charge in [0.05, 0.1) is 19.1 Å². The molecule has 1 heterocycles. The van der Waals surface area contributed by atoms with Crippen molar-refractivity contribution in [1.82, 2.24) is 5.32 Å². The van der Waals surface area contributed by atoms with Crippen LogP contribution >= 0.6 is 0 Å². The van der Waals surface area contributed by atoms with Crippen LogP contribution in [0.15, 0.2) is 0 Å².